The van der Waals surface area contributed by atoms with Crippen molar-refractivity contribution in [3.63, 3.8) is 0 Å². The Morgan fingerprint density at radius 2 is 1.57 bits per heavy atom. The monoisotopic (exact) mass is 578 g/mol. The average molecular weight is 579 g/mol. The van der Waals surface area contributed by atoms with Crippen LogP contribution in [0.1, 0.15) is 86.3 Å². The van der Waals surface area contributed by atoms with Crippen LogP contribution in [0.2, 0.25) is 0 Å². The molecule has 3 aromatic carbocycles. The number of carbonyl (C=O) groups excluding carboxylic acids is 1. The van der Waals surface area contributed by atoms with Gasteiger partial charge in [0.1, 0.15) is 12.6 Å². The lowest BCUT2D eigenvalue weighted by Crippen LogP contribution is -2.25. The van der Waals surface area contributed by atoms with E-state index in [0.717, 1.165) is 42.2 Å². The molecular formula is C36H47FO5. The molecular weight excluding hydrogens is 531 g/mol. The first-order valence-corrected chi connectivity index (χ1v) is 14.7. The molecule has 0 spiro atoms. The van der Waals surface area contributed by atoms with Crippen molar-refractivity contribution in [3.8, 4) is 11.1 Å². The van der Waals surface area contributed by atoms with Crippen molar-refractivity contribution in [1.29, 1.82) is 0 Å². The second-order valence-electron chi connectivity index (χ2n) is 10.6. The number of aliphatic hydroxyl groups excluding tert-OH is 2. The number of hydrogen-bond acceptors (Lipinski definition) is 5. The van der Waals surface area contributed by atoms with Gasteiger partial charge in [-0.1, -0.05) is 86.0 Å². The van der Waals surface area contributed by atoms with Crippen molar-refractivity contribution in [2.75, 3.05) is 26.9 Å². The van der Waals surface area contributed by atoms with Crippen LogP contribution in [0.3, 0.4) is 0 Å². The Kier molecular flexibility index (Phi) is 15.9. The van der Waals surface area contributed by atoms with Gasteiger partial charge in [-0.15, -0.1) is 6.58 Å². The summed E-state index contributed by atoms with van der Waals surface area (Å²) < 4.78 is 27.2. The summed E-state index contributed by atoms with van der Waals surface area (Å²) in [7, 11) is 1.00. The normalized spacial score (nSPS) is 16.8. The molecule has 1 aliphatic rings. The number of rotatable bonds is 12. The van der Waals surface area contributed by atoms with Crippen LogP contribution in [0.5, 0.6) is 0 Å². The van der Waals surface area contributed by atoms with E-state index < -0.39 is 6.29 Å². The molecule has 228 valence electrons. The zero-order valence-electron chi connectivity index (χ0n) is 25.4. The number of aliphatic hydroxyl groups is 2. The van der Waals surface area contributed by atoms with Gasteiger partial charge >= 0.3 is 0 Å². The van der Waals surface area contributed by atoms with Gasteiger partial charge in [0.15, 0.2) is 6.29 Å². The van der Waals surface area contributed by atoms with Crippen molar-refractivity contribution < 1.29 is 28.9 Å². The highest BCUT2D eigenvalue weighted by atomic mass is 19.1. The number of benzene rings is 3. The molecule has 4 rings (SSSR count). The van der Waals surface area contributed by atoms with Gasteiger partial charge in [-0.3, -0.25) is 0 Å². The number of allylic oxidation sites excluding steroid dienone is 1. The lowest BCUT2D eigenvalue weighted by molar-refractivity contribution is -0.191. The highest BCUT2D eigenvalue weighted by Crippen LogP contribution is 2.34. The van der Waals surface area contributed by atoms with Crippen molar-refractivity contribution in [2.45, 2.75) is 70.5 Å². The molecule has 0 bridgehead atoms. The van der Waals surface area contributed by atoms with Crippen LogP contribution in [0.15, 0.2) is 78.9 Å². The van der Waals surface area contributed by atoms with Crippen LogP contribution in [-0.2, 0) is 20.7 Å². The molecule has 6 heteroatoms. The number of halogens is 1. The van der Waals surface area contributed by atoms with Gasteiger partial charge in [0.25, 0.3) is 0 Å². The molecule has 1 saturated heterocycles. The minimum absolute atomic E-state index is 0.0143. The third-order valence-electron chi connectivity index (χ3n) is 7.45. The summed E-state index contributed by atoms with van der Waals surface area (Å²) in [4.78, 5) is 8.00. The van der Waals surface area contributed by atoms with E-state index in [4.69, 9.17) is 19.4 Å². The van der Waals surface area contributed by atoms with Crippen LogP contribution >= 0.6 is 0 Å². The fraction of sp³-hybridized carbons (Fsp3) is 0.417. The topological polar surface area (TPSA) is 76.0 Å². The minimum Gasteiger partial charge on any atom is -0.400 e. The third kappa shape index (κ3) is 10.3. The van der Waals surface area contributed by atoms with E-state index in [9.17, 15) is 5.11 Å². The van der Waals surface area contributed by atoms with Gasteiger partial charge < -0.3 is 24.5 Å². The van der Waals surface area contributed by atoms with Gasteiger partial charge in [-0.25, -0.2) is 4.39 Å². The Morgan fingerprint density at radius 3 is 2.12 bits per heavy atom. The van der Waals surface area contributed by atoms with Gasteiger partial charge in [0.05, 0.1) is 13.2 Å². The number of hydrogen-bond donors (Lipinski definition) is 2. The molecule has 42 heavy (non-hydrogen) atoms. The quantitative estimate of drug-likeness (QED) is 0.169. The van der Waals surface area contributed by atoms with Gasteiger partial charge in [0, 0.05) is 30.8 Å². The molecule has 1 heterocycles. The first-order valence-electron chi connectivity index (χ1n) is 14.7. The van der Waals surface area contributed by atoms with Crippen molar-refractivity contribution >= 4 is 6.79 Å². The van der Waals surface area contributed by atoms with E-state index in [0.29, 0.717) is 25.2 Å². The zero-order chi connectivity index (χ0) is 30.9. The van der Waals surface area contributed by atoms with Crippen molar-refractivity contribution in [2.24, 2.45) is 0 Å². The Bertz CT molecular complexity index is 1180. The second-order valence-corrected chi connectivity index (χ2v) is 10.6. The van der Waals surface area contributed by atoms with Gasteiger partial charge in [-0.2, -0.15) is 0 Å². The molecule has 1 aliphatic heterocycles. The van der Waals surface area contributed by atoms with Crippen LogP contribution in [0.25, 0.3) is 11.1 Å². The summed E-state index contributed by atoms with van der Waals surface area (Å²) in [6.07, 6.45) is 5.85. The summed E-state index contributed by atoms with van der Waals surface area (Å²) in [6.45, 7) is 11.3. The largest absolute Gasteiger partial charge is 0.400 e. The predicted octanol–water partition coefficient (Wildman–Crippen LogP) is 7.91. The van der Waals surface area contributed by atoms with Crippen LogP contribution in [-0.4, -0.2) is 43.9 Å². The van der Waals surface area contributed by atoms with E-state index in [1.165, 1.54) is 30.4 Å². The van der Waals surface area contributed by atoms with Gasteiger partial charge in [-0.05, 0) is 66.8 Å². The average Bonchev–Trinajstić information content (AvgIpc) is 3.03. The summed E-state index contributed by atoms with van der Waals surface area (Å²) in [5.41, 5.74) is 6.97. The SMILES string of the molecule is C=C(C)CC(CCO)c1ccc(C2OCC(c3ccc(-c4ccc(CCCCC)cc4)c(F)c3)CO2)cc1.C=O.CO. The summed E-state index contributed by atoms with van der Waals surface area (Å²) in [5, 5.41) is 16.4. The lowest BCUT2D eigenvalue weighted by atomic mass is 9.89. The number of aryl methyl sites for hydroxylation is 1. The van der Waals surface area contributed by atoms with E-state index in [1.54, 1.807) is 6.07 Å². The molecule has 0 saturated carbocycles. The highest BCUT2D eigenvalue weighted by molar-refractivity contribution is 5.65. The van der Waals surface area contributed by atoms with E-state index in [2.05, 4.69) is 37.8 Å². The predicted molar refractivity (Wildman–Crippen MR) is 168 cm³/mol. The maximum absolute atomic E-state index is 15.1. The molecule has 0 amide bonds. The maximum atomic E-state index is 15.1. The van der Waals surface area contributed by atoms with E-state index in [-0.39, 0.29) is 24.3 Å². The summed E-state index contributed by atoms with van der Waals surface area (Å²) in [6, 6.07) is 22.0. The Balaban J connectivity index is 0.00000148. The van der Waals surface area contributed by atoms with Crippen molar-refractivity contribution in [3.05, 3.63) is 107 Å². The highest BCUT2D eigenvalue weighted by Gasteiger charge is 2.26. The fourth-order valence-electron chi connectivity index (χ4n) is 5.23. The molecule has 5 nitrogen and oxygen atoms in total. The number of ether oxygens (including phenoxy) is 2. The number of carbonyl (C=O) groups is 1. The van der Waals surface area contributed by atoms with Gasteiger partial charge in [0.2, 0.25) is 0 Å². The van der Waals surface area contributed by atoms with Crippen LogP contribution in [0, 0.1) is 5.82 Å². The van der Waals surface area contributed by atoms with Crippen molar-refractivity contribution in [1.82, 2.24) is 0 Å². The first kappa shape index (κ1) is 35.0. The maximum Gasteiger partial charge on any atom is 0.183 e. The van der Waals surface area contributed by atoms with Crippen LogP contribution < -0.4 is 0 Å². The molecule has 0 aliphatic carbocycles. The molecule has 1 fully saturated rings. The Morgan fingerprint density at radius 1 is 0.952 bits per heavy atom. The third-order valence-corrected chi connectivity index (χ3v) is 7.45. The Labute approximate surface area is 251 Å². The minimum atomic E-state index is -0.433. The first-order chi connectivity index (χ1) is 20.5. The van der Waals surface area contributed by atoms with E-state index >= 15 is 4.39 Å². The second kappa shape index (κ2) is 19.1. The standard InChI is InChI=1S/C34H41FO3.CH4O.CH2O/c1-4-5-6-7-25-8-10-27(11-9-25)32-17-16-29(21-33(32)35)31-22-37-34(38-23-31)28-14-12-26(13-15-28)30(18-19-36)20-24(2)3;2*1-2/h8-17,21,30-31,34,36H,2,4-7,18-20,22-23H2,1,3H3;2H,1H3;1H2. The Hall–Kier alpha value is -3.16. The molecule has 3 aromatic rings. The smallest absolute Gasteiger partial charge is 0.183 e. The lowest BCUT2D eigenvalue weighted by Gasteiger charge is -2.30. The fourth-order valence-corrected chi connectivity index (χ4v) is 5.23. The molecule has 1 unspecified atom stereocenters. The van der Waals surface area contributed by atoms with E-state index in [1.807, 2.05) is 50.1 Å². The molecule has 0 aromatic heterocycles. The summed E-state index contributed by atoms with van der Waals surface area (Å²) in [5.74, 6) is 0.0244. The molecule has 0 radical (unpaired) electrons. The summed E-state index contributed by atoms with van der Waals surface area (Å²) >= 11 is 0. The zero-order valence-corrected chi connectivity index (χ0v) is 25.4. The molecule has 2 N–H and O–H groups in total. The number of unbranched alkanes of at least 4 members (excludes halogenated alkanes) is 2. The van der Waals surface area contributed by atoms with Crippen LogP contribution in [0.4, 0.5) is 4.39 Å². The molecule has 1 atom stereocenters.